The highest BCUT2D eigenvalue weighted by atomic mass is 35.5. The molecule has 1 heterocycles. The largest absolute Gasteiger partial charge is 0.489 e. The van der Waals surface area contributed by atoms with Gasteiger partial charge in [-0.15, -0.1) is 0 Å². The van der Waals surface area contributed by atoms with Crippen molar-refractivity contribution >= 4 is 22.5 Å². The zero-order valence-electron chi connectivity index (χ0n) is 29.0. The average Bonchev–Trinajstić information content (AvgIpc) is 3.48. The van der Waals surface area contributed by atoms with E-state index < -0.39 is 5.60 Å². The third-order valence-electron chi connectivity index (χ3n) is 9.73. The molecule has 0 unspecified atom stereocenters. The monoisotopic (exact) mass is 695 g/mol. The minimum Gasteiger partial charge on any atom is -0.489 e. The van der Waals surface area contributed by atoms with Gasteiger partial charge in [0.15, 0.2) is 5.60 Å². The summed E-state index contributed by atoms with van der Waals surface area (Å²) < 4.78 is 15.8. The SMILES string of the molecule is Cc1c(-c2ccc(Cl)cc2)n(Cc2ccc(OC(c3ccccc3)(c3ccccc3)c3ccccc3)cc2)c2ccc(OCc3ccccc3)cc12. The van der Waals surface area contributed by atoms with Gasteiger partial charge in [0.2, 0.25) is 0 Å². The van der Waals surface area contributed by atoms with Gasteiger partial charge in [-0.05, 0) is 71.6 Å². The number of rotatable bonds is 11. The molecule has 0 spiro atoms. The molecule has 4 heteroatoms. The van der Waals surface area contributed by atoms with Crippen LogP contribution in [-0.2, 0) is 18.8 Å². The van der Waals surface area contributed by atoms with E-state index in [-0.39, 0.29) is 0 Å². The van der Waals surface area contributed by atoms with Crippen molar-refractivity contribution in [3.8, 4) is 22.8 Å². The highest BCUT2D eigenvalue weighted by Gasteiger charge is 2.39. The highest BCUT2D eigenvalue weighted by Crippen LogP contribution is 2.42. The van der Waals surface area contributed by atoms with Crippen LogP contribution in [0, 0.1) is 6.92 Å². The van der Waals surface area contributed by atoms with Gasteiger partial charge in [0.05, 0.1) is 5.69 Å². The fraction of sp³-hybridized carbons (Fsp3) is 0.0833. The van der Waals surface area contributed by atoms with Crippen LogP contribution in [0.3, 0.4) is 0 Å². The maximum atomic E-state index is 7.18. The molecule has 0 amide bonds. The molecule has 0 bridgehead atoms. The molecule has 1 aromatic heterocycles. The molecule has 0 fully saturated rings. The predicted molar refractivity (Wildman–Crippen MR) is 213 cm³/mol. The lowest BCUT2D eigenvalue weighted by Gasteiger charge is -2.36. The maximum Gasteiger partial charge on any atom is 0.184 e. The smallest absolute Gasteiger partial charge is 0.184 e. The van der Waals surface area contributed by atoms with Crippen LogP contribution in [-0.4, -0.2) is 4.57 Å². The molecule has 0 saturated carbocycles. The lowest BCUT2D eigenvalue weighted by Crippen LogP contribution is -2.36. The normalized spacial score (nSPS) is 11.4. The molecule has 0 aliphatic carbocycles. The Morgan fingerprint density at radius 2 is 1.06 bits per heavy atom. The average molecular weight is 696 g/mol. The number of aromatic nitrogens is 1. The molecule has 0 aliphatic rings. The van der Waals surface area contributed by atoms with Gasteiger partial charge in [0, 0.05) is 39.2 Å². The maximum absolute atomic E-state index is 7.18. The van der Waals surface area contributed by atoms with Gasteiger partial charge < -0.3 is 14.0 Å². The van der Waals surface area contributed by atoms with E-state index >= 15 is 0 Å². The van der Waals surface area contributed by atoms with Crippen LogP contribution in [0.25, 0.3) is 22.2 Å². The summed E-state index contributed by atoms with van der Waals surface area (Å²) in [6, 6.07) is 64.7. The van der Waals surface area contributed by atoms with Crippen LogP contribution in [0.15, 0.2) is 188 Å². The lowest BCUT2D eigenvalue weighted by atomic mass is 9.80. The predicted octanol–water partition coefficient (Wildman–Crippen LogP) is 12.3. The van der Waals surface area contributed by atoms with Crippen molar-refractivity contribution in [3.05, 3.63) is 226 Å². The Labute approximate surface area is 310 Å². The Hall–Kier alpha value is -6.03. The molecule has 0 N–H and O–H groups in total. The van der Waals surface area contributed by atoms with Gasteiger partial charge in [-0.25, -0.2) is 0 Å². The van der Waals surface area contributed by atoms with Crippen LogP contribution in [0.1, 0.15) is 33.4 Å². The van der Waals surface area contributed by atoms with E-state index in [1.807, 2.05) is 48.5 Å². The first-order chi connectivity index (χ1) is 25.6. The lowest BCUT2D eigenvalue weighted by molar-refractivity contribution is 0.155. The molecule has 7 aromatic carbocycles. The Bertz CT molecular complexity index is 2290. The molecule has 8 rings (SSSR count). The van der Waals surface area contributed by atoms with Crippen LogP contribution in [0.2, 0.25) is 5.02 Å². The summed E-state index contributed by atoms with van der Waals surface area (Å²) in [5.41, 5.74) is 9.24. The van der Waals surface area contributed by atoms with E-state index in [0.717, 1.165) is 61.5 Å². The standard InChI is InChI=1S/C48H38ClNO2/c1-35-45-32-44(51-34-37-14-6-2-7-15-37)30-31-46(45)50(47(35)38-24-26-42(49)27-25-38)33-36-22-28-43(29-23-36)52-48(39-16-8-3-9-17-39,40-18-10-4-11-19-40)41-20-12-5-13-21-41/h2-32H,33-34H2,1H3. The molecule has 0 saturated heterocycles. The van der Waals surface area contributed by atoms with Crippen LogP contribution >= 0.6 is 11.6 Å². The van der Waals surface area contributed by atoms with E-state index in [2.05, 4.69) is 151 Å². The van der Waals surface area contributed by atoms with Gasteiger partial charge in [0.1, 0.15) is 18.1 Å². The Balaban J connectivity index is 1.16. The molecular weight excluding hydrogens is 658 g/mol. The molecule has 52 heavy (non-hydrogen) atoms. The van der Waals surface area contributed by atoms with E-state index in [1.54, 1.807) is 0 Å². The zero-order chi connectivity index (χ0) is 35.3. The van der Waals surface area contributed by atoms with Gasteiger partial charge in [-0.1, -0.05) is 157 Å². The fourth-order valence-corrected chi connectivity index (χ4v) is 7.32. The molecule has 0 radical (unpaired) electrons. The number of aryl methyl sites for hydroxylation is 1. The summed E-state index contributed by atoms with van der Waals surface area (Å²) in [5, 5.41) is 1.88. The topological polar surface area (TPSA) is 23.4 Å². The second-order valence-corrected chi connectivity index (χ2v) is 13.5. The number of benzene rings is 7. The van der Waals surface area contributed by atoms with Crippen LogP contribution in [0.5, 0.6) is 11.5 Å². The second kappa shape index (κ2) is 14.7. The summed E-state index contributed by atoms with van der Waals surface area (Å²) in [6.45, 7) is 3.38. The van der Waals surface area contributed by atoms with Crippen molar-refractivity contribution in [3.63, 3.8) is 0 Å². The van der Waals surface area contributed by atoms with Crippen molar-refractivity contribution in [2.45, 2.75) is 25.7 Å². The molecule has 8 aromatic rings. The van der Waals surface area contributed by atoms with Gasteiger partial charge >= 0.3 is 0 Å². The van der Waals surface area contributed by atoms with E-state index in [9.17, 15) is 0 Å². The first-order valence-corrected chi connectivity index (χ1v) is 18.0. The first-order valence-electron chi connectivity index (χ1n) is 17.6. The number of fused-ring (bicyclic) bond motifs is 1. The number of hydrogen-bond acceptors (Lipinski definition) is 2. The summed E-state index contributed by atoms with van der Waals surface area (Å²) in [5.74, 6) is 1.63. The Morgan fingerprint density at radius 1 is 0.538 bits per heavy atom. The van der Waals surface area contributed by atoms with Crippen LogP contribution in [0.4, 0.5) is 0 Å². The molecule has 254 valence electrons. The minimum absolute atomic E-state index is 0.519. The van der Waals surface area contributed by atoms with Crippen molar-refractivity contribution in [1.29, 1.82) is 0 Å². The van der Waals surface area contributed by atoms with Gasteiger partial charge in [0.25, 0.3) is 0 Å². The van der Waals surface area contributed by atoms with E-state index in [4.69, 9.17) is 21.1 Å². The summed E-state index contributed by atoms with van der Waals surface area (Å²) >= 11 is 6.34. The Kier molecular flexibility index (Phi) is 9.35. The van der Waals surface area contributed by atoms with Crippen molar-refractivity contribution < 1.29 is 9.47 Å². The van der Waals surface area contributed by atoms with Crippen molar-refractivity contribution in [2.75, 3.05) is 0 Å². The molecule has 3 nitrogen and oxygen atoms in total. The molecular formula is C48H38ClNO2. The van der Waals surface area contributed by atoms with Gasteiger partial charge in [-0.2, -0.15) is 0 Å². The first kappa shape index (κ1) is 33.1. The summed E-state index contributed by atoms with van der Waals surface area (Å²) in [7, 11) is 0. The second-order valence-electron chi connectivity index (χ2n) is 13.0. The highest BCUT2D eigenvalue weighted by molar-refractivity contribution is 6.30. The van der Waals surface area contributed by atoms with Crippen molar-refractivity contribution in [2.24, 2.45) is 0 Å². The number of halogens is 1. The molecule has 0 aliphatic heterocycles. The Morgan fingerprint density at radius 3 is 1.62 bits per heavy atom. The number of ether oxygens (including phenoxy) is 2. The summed E-state index contributed by atoms with van der Waals surface area (Å²) in [4.78, 5) is 0. The zero-order valence-corrected chi connectivity index (χ0v) is 29.7. The minimum atomic E-state index is -0.846. The number of nitrogens with zero attached hydrogens (tertiary/aromatic N) is 1. The van der Waals surface area contributed by atoms with Gasteiger partial charge in [-0.3, -0.25) is 0 Å². The van der Waals surface area contributed by atoms with E-state index in [0.29, 0.717) is 18.2 Å². The van der Waals surface area contributed by atoms with E-state index in [1.165, 1.54) is 5.56 Å². The van der Waals surface area contributed by atoms with Crippen LogP contribution < -0.4 is 9.47 Å². The van der Waals surface area contributed by atoms with Crippen molar-refractivity contribution in [1.82, 2.24) is 4.57 Å². The quantitative estimate of drug-likeness (QED) is 0.126. The fourth-order valence-electron chi connectivity index (χ4n) is 7.19. The third kappa shape index (κ3) is 6.59. The molecule has 0 atom stereocenters. The number of hydrogen-bond donors (Lipinski definition) is 0. The summed E-state index contributed by atoms with van der Waals surface area (Å²) in [6.07, 6.45) is 0. The third-order valence-corrected chi connectivity index (χ3v) is 9.98.